The second kappa shape index (κ2) is 11.6. The van der Waals surface area contributed by atoms with Crippen LogP contribution in [0.5, 0.6) is 0 Å². The molecule has 1 aliphatic heterocycles. The molecule has 30 heavy (non-hydrogen) atoms. The number of halogens is 1. The quantitative estimate of drug-likeness (QED) is 0.328. The first-order valence-corrected chi connectivity index (χ1v) is 12.0. The first kappa shape index (κ1) is 25.4. The molecule has 0 bridgehead atoms. The smallest absolute Gasteiger partial charge is 0.225 e. The van der Waals surface area contributed by atoms with Crippen LogP contribution in [0.4, 0.5) is 0 Å². The molecule has 1 aliphatic carbocycles. The molecule has 1 unspecified atom stereocenters. The van der Waals surface area contributed by atoms with Crippen molar-refractivity contribution in [2.24, 2.45) is 10.9 Å². The highest BCUT2D eigenvalue weighted by atomic mass is 127. The van der Waals surface area contributed by atoms with E-state index in [0.717, 1.165) is 55.6 Å². The lowest BCUT2D eigenvalue weighted by atomic mass is 9.88. The first-order chi connectivity index (χ1) is 13.9. The van der Waals surface area contributed by atoms with E-state index in [-0.39, 0.29) is 41.4 Å². The van der Waals surface area contributed by atoms with E-state index in [1.807, 2.05) is 0 Å². The number of aliphatic imine (C=N–C) groups is 1. The zero-order valence-electron chi connectivity index (χ0n) is 18.9. The number of carbonyl (C=O) groups excluding carboxylic acids is 1. The van der Waals surface area contributed by atoms with Gasteiger partial charge in [0.2, 0.25) is 5.91 Å². The average Bonchev–Trinajstić information content (AvgIpc) is 3.36. The molecule has 1 aromatic rings. The van der Waals surface area contributed by atoms with Crippen LogP contribution in [0, 0.1) is 5.92 Å². The van der Waals surface area contributed by atoms with E-state index in [4.69, 9.17) is 9.98 Å². The van der Waals surface area contributed by atoms with Gasteiger partial charge < -0.3 is 15.5 Å². The Kier molecular flexibility index (Phi) is 9.84. The molecule has 2 aliphatic rings. The summed E-state index contributed by atoms with van der Waals surface area (Å²) in [6.45, 7) is 11.6. The van der Waals surface area contributed by atoms with E-state index in [1.165, 1.54) is 19.3 Å². The number of hydrogen-bond donors (Lipinski definition) is 2. The van der Waals surface area contributed by atoms with Crippen LogP contribution in [0.1, 0.15) is 76.9 Å². The molecular formula is C22H38IN5OS. The number of nitrogens with one attached hydrogen (secondary N) is 2. The fraction of sp³-hybridized carbons (Fsp3) is 0.773. The fourth-order valence-corrected chi connectivity index (χ4v) is 5.02. The summed E-state index contributed by atoms with van der Waals surface area (Å²) >= 11 is 1.67. The van der Waals surface area contributed by atoms with E-state index in [0.29, 0.717) is 12.5 Å². The molecular weight excluding hydrogens is 509 g/mol. The Morgan fingerprint density at radius 1 is 1.27 bits per heavy atom. The molecule has 1 saturated heterocycles. The van der Waals surface area contributed by atoms with Crippen molar-refractivity contribution < 1.29 is 4.79 Å². The van der Waals surface area contributed by atoms with E-state index < -0.39 is 0 Å². The number of carbonyl (C=O) groups is 1. The summed E-state index contributed by atoms with van der Waals surface area (Å²) in [6, 6.07) is 0.266. The summed E-state index contributed by atoms with van der Waals surface area (Å²) < 4.78 is 0. The SMILES string of the molecule is CCNC(=NCc1nc(C(C)(C)C)cs1)NC1CCN(C(=O)C2CCCCC2)C1.I. The molecule has 170 valence electrons. The molecule has 0 radical (unpaired) electrons. The van der Waals surface area contributed by atoms with Crippen LogP contribution in [0.25, 0.3) is 0 Å². The molecule has 3 rings (SSSR count). The van der Waals surface area contributed by atoms with Gasteiger partial charge in [-0.2, -0.15) is 0 Å². The second-order valence-electron chi connectivity index (χ2n) is 9.32. The summed E-state index contributed by atoms with van der Waals surface area (Å²) in [5.74, 6) is 1.44. The van der Waals surface area contributed by atoms with Crippen LogP contribution < -0.4 is 10.6 Å². The minimum absolute atomic E-state index is 0. The largest absolute Gasteiger partial charge is 0.357 e. The Hall–Kier alpha value is -0.900. The Morgan fingerprint density at radius 3 is 2.63 bits per heavy atom. The maximum atomic E-state index is 12.8. The van der Waals surface area contributed by atoms with Crippen LogP contribution in [-0.4, -0.2) is 47.4 Å². The summed E-state index contributed by atoms with van der Waals surface area (Å²) in [4.78, 5) is 24.3. The number of guanidine groups is 1. The molecule has 1 aromatic heterocycles. The third-order valence-corrected chi connectivity index (χ3v) is 6.67. The summed E-state index contributed by atoms with van der Waals surface area (Å²) in [6.07, 6.45) is 6.82. The second-order valence-corrected chi connectivity index (χ2v) is 10.3. The zero-order chi connectivity index (χ0) is 20.9. The zero-order valence-corrected chi connectivity index (χ0v) is 22.0. The Balaban J connectivity index is 0.00000320. The Bertz CT molecular complexity index is 709. The number of rotatable bonds is 5. The molecule has 1 amide bonds. The third-order valence-electron chi connectivity index (χ3n) is 5.83. The number of thiazole rings is 1. The standard InChI is InChI=1S/C22H37N5OS.HI/c1-5-23-21(24-13-19-26-18(15-29-19)22(2,3)4)25-17-11-12-27(14-17)20(28)16-9-7-6-8-10-16;/h15-17H,5-14H2,1-4H3,(H2,23,24,25);1H. The molecule has 0 aromatic carbocycles. The normalized spacial score (nSPS) is 20.7. The van der Waals surface area contributed by atoms with Gasteiger partial charge in [-0.05, 0) is 26.2 Å². The third kappa shape index (κ3) is 7.07. The van der Waals surface area contributed by atoms with Gasteiger partial charge >= 0.3 is 0 Å². The van der Waals surface area contributed by atoms with Crippen molar-refractivity contribution in [1.29, 1.82) is 0 Å². The number of likely N-dealkylation sites (tertiary alicyclic amines) is 1. The Morgan fingerprint density at radius 2 is 2.00 bits per heavy atom. The van der Waals surface area contributed by atoms with Gasteiger partial charge in [0.15, 0.2) is 5.96 Å². The van der Waals surface area contributed by atoms with Crippen molar-refractivity contribution in [1.82, 2.24) is 20.5 Å². The minimum Gasteiger partial charge on any atom is -0.357 e. The maximum absolute atomic E-state index is 12.8. The molecule has 1 atom stereocenters. The van der Waals surface area contributed by atoms with Crippen molar-refractivity contribution in [2.45, 2.75) is 84.2 Å². The number of nitrogens with zero attached hydrogens (tertiary/aromatic N) is 3. The first-order valence-electron chi connectivity index (χ1n) is 11.2. The van der Waals surface area contributed by atoms with Crippen LogP contribution in [0.3, 0.4) is 0 Å². The van der Waals surface area contributed by atoms with Gasteiger partial charge in [-0.15, -0.1) is 35.3 Å². The van der Waals surface area contributed by atoms with Crippen molar-refractivity contribution in [3.63, 3.8) is 0 Å². The van der Waals surface area contributed by atoms with Gasteiger partial charge in [-0.25, -0.2) is 9.98 Å². The summed E-state index contributed by atoms with van der Waals surface area (Å²) in [5.41, 5.74) is 1.19. The van der Waals surface area contributed by atoms with Crippen molar-refractivity contribution >= 4 is 47.2 Å². The van der Waals surface area contributed by atoms with Crippen LogP contribution in [0.2, 0.25) is 0 Å². The van der Waals surface area contributed by atoms with Crippen LogP contribution >= 0.6 is 35.3 Å². The van der Waals surface area contributed by atoms with Gasteiger partial charge in [0.1, 0.15) is 5.01 Å². The topological polar surface area (TPSA) is 69.6 Å². The van der Waals surface area contributed by atoms with Crippen LogP contribution in [0.15, 0.2) is 10.4 Å². The monoisotopic (exact) mass is 547 g/mol. The van der Waals surface area contributed by atoms with Gasteiger partial charge in [0, 0.05) is 42.4 Å². The lowest BCUT2D eigenvalue weighted by molar-refractivity contribution is -0.135. The predicted octanol–water partition coefficient (Wildman–Crippen LogP) is 4.29. The molecule has 6 nitrogen and oxygen atoms in total. The summed E-state index contributed by atoms with van der Waals surface area (Å²) in [7, 11) is 0. The van der Waals surface area contributed by atoms with Gasteiger partial charge in [0.25, 0.3) is 0 Å². The predicted molar refractivity (Wildman–Crippen MR) is 136 cm³/mol. The average molecular weight is 548 g/mol. The highest BCUT2D eigenvalue weighted by molar-refractivity contribution is 14.0. The highest BCUT2D eigenvalue weighted by Crippen LogP contribution is 2.27. The van der Waals surface area contributed by atoms with Gasteiger partial charge in [0.05, 0.1) is 12.2 Å². The molecule has 1 saturated carbocycles. The lowest BCUT2D eigenvalue weighted by Gasteiger charge is -2.26. The van der Waals surface area contributed by atoms with Crippen molar-refractivity contribution in [3.05, 3.63) is 16.1 Å². The fourth-order valence-electron chi connectivity index (χ4n) is 4.07. The van der Waals surface area contributed by atoms with Crippen LogP contribution in [-0.2, 0) is 16.8 Å². The maximum Gasteiger partial charge on any atom is 0.225 e. The minimum atomic E-state index is 0. The molecule has 0 spiro atoms. The van der Waals surface area contributed by atoms with Gasteiger partial charge in [-0.1, -0.05) is 40.0 Å². The number of hydrogen-bond acceptors (Lipinski definition) is 4. The van der Waals surface area contributed by atoms with E-state index >= 15 is 0 Å². The lowest BCUT2D eigenvalue weighted by Crippen LogP contribution is -2.45. The highest BCUT2D eigenvalue weighted by Gasteiger charge is 2.31. The molecule has 8 heteroatoms. The summed E-state index contributed by atoms with van der Waals surface area (Å²) in [5, 5.41) is 10.0. The number of amides is 1. The molecule has 2 heterocycles. The van der Waals surface area contributed by atoms with Crippen molar-refractivity contribution in [3.8, 4) is 0 Å². The van der Waals surface area contributed by atoms with Gasteiger partial charge in [-0.3, -0.25) is 4.79 Å². The molecule has 2 N–H and O–H groups in total. The van der Waals surface area contributed by atoms with Crippen molar-refractivity contribution in [2.75, 3.05) is 19.6 Å². The van der Waals surface area contributed by atoms with E-state index in [9.17, 15) is 4.79 Å². The van der Waals surface area contributed by atoms with E-state index in [1.54, 1.807) is 11.3 Å². The van der Waals surface area contributed by atoms with E-state index in [2.05, 4.69) is 48.6 Å². The Labute approximate surface area is 202 Å². The number of aromatic nitrogens is 1. The molecule has 2 fully saturated rings.